The van der Waals surface area contributed by atoms with Crippen LogP contribution in [0.2, 0.25) is 0 Å². The van der Waals surface area contributed by atoms with Gasteiger partial charge in [-0.15, -0.1) is 0 Å². The second kappa shape index (κ2) is 7.49. The summed E-state index contributed by atoms with van der Waals surface area (Å²) in [6, 6.07) is 6.22. The molecule has 0 heterocycles. The fourth-order valence-electron chi connectivity index (χ4n) is 1.67. The molecule has 1 aromatic rings. The van der Waals surface area contributed by atoms with Crippen LogP contribution in [0.5, 0.6) is 0 Å². The molecule has 6 nitrogen and oxygen atoms in total. The molecule has 0 saturated carbocycles. The molecular weight excluding hydrogens is 260 g/mol. The zero-order valence-corrected chi connectivity index (χ0v) is 11.9. The molecule has 1 unspecified atom stereocenters. The fourth-order valence-corrected chi connectivity index (χ4v) is 1.67. The lowest BCUT2D eigenvalue weighted by molar-refractivity contribution is 0.0696. The second-order valence-electron chi connectivity index (χ2n) is 4.58. The molecule has 2 N–H and O–H groups in total. The van der Waals surface area contributed by atoms with Crippen molar-refractivity contribution in [3.8, 4) is 0 Å². The highest BCUT2D eigenvalue weighted by atomic mass is 16.5. The number of carbonyl (C=O) groups is 2. The van der Waals surface area contributed by atoms with Gasteiger partial charge in [0.2, 0.25) is 0 Å². The maximum absolute atomic E-state index is 11.9. The maximum Gasteiger partial charge on any atom is 0.335 e. The van der Waals surface area contributed by atoms with Crippen molar-refractivity contribution in [1.82, 2.24) is 10.2 Å². The van der Waals surface area contributed by atoms with Gasteiger partial charge in [0, 0.05) is 20.7 Å². The van der Waals surface area contributed by atoms with Gasteiger partial charge in [0.25, 0.3) is 0 Å². The maximum atomic E-state index is 11.9. The first-order valence-corrected chi connectivity index (χ1v) is 6.27. The minimum Gasteiger partial charge on any atom is -0.478 e. The molecule has 0 aliphatic heterocycles. The Morgan fingerprint density at radius 2 is 2.15 bits per heavy atom. The van der Waals surface area contributed by atoms with Crippen LogP contribution in [0.4, 0.5) is 4.79 Å². The van der Waals surface area contributed by atoms with E-state index in [-0.39, 0.29) is 24.2 Å². The highest BCUT2D eigenvalue weighted by Gasteiger charge is 2.15. The molecule has 20 heavy (non-hydrogen) atoms. The van der Waals surface area contributed by atoms with Crippen LogP contribution >= 0.6 is 0 Å². The number of carboxylic acid groups (broad SMARTS) is 1. The van der Waals surface area contributed by atoms with Gasteiger partial charge in [0.05, 0.1) is 18.2 Å². The molecular formula is C14H20N2O4. The highest BCUT2D eigenvalue weighted by molar-refractivity contribution is 5.87. The number of methoxy groups -OCH3 is 1. The first-order chi connectivity index (χ1) is 9.45. The van der Waals surface area contributed by atoms with Crippen molar-refractivity contribution >= 4 is 12.0 Å². The Balaban J connectivity index is 2.56. The number of amides is 2. The van der Waals surface area contributed by atoms with Gasteiger partial charge in [-0.25, -0.2) is 9.59 Å². The van der Waals surface area contributed by atoms with Crippen LogP contribution in [0.1, 0.15) is 22.8 Å². The van der Waals surface area contributed by atoms with Crippen molar-refractivity contribution in [3.05, 3.63) is 35.4 Å². The number of carbonyl (C=O) groups excluding carboxylic acids is 1. The Bertz CT molecular complexity index is 476. The number of rotatable bonds is 6. The summed E-state index contributed by atoms with van der Waals surface area (Å²) in [5.74, 6) is -0.982. The lowest BCUT2D eigenvalue weighted by Gasteiger charge is -2.24. The third kappa shape index (κ3) is 4.55. The van der Waals surface area contributed by atoms with Crippen LogP contribution in [0.3, 0.4) is 0 Å². The smallest absolute Gasteiger partial charge is 0.335 e. The van der Waals surface area contributed by atoms with E-state index in [9.17, 15) is 9.59 Å². The molecule has 0 spiro atoms. The van der Waals surface area contributed by atoms with Gasteiger partial charge in [-0.2, -0.15) is 0 Å². The Labute approximate surface area is 118 Å². The Morgan fingerprint density at radius 3 is 2.75 bits per heavy atom. The van der Waals surface area contributed by atoms with Gasteiger partial charge in [0.1, 0.15) is 0 Å². The summed E-state index contributed by atoms with van der Waals surface area (Å²) in [4.78, 5) is 24.3. The molecule has 0 fully saturated rings. The van der Waals surface area contributed by atoms with Crippen molar-refractivity contribution in [2.24, 2.45) is 0 Å². The van der Waals surface area contributed by atoms with Crippen molar-refractivity contribution < 1.29 is 19.4 Å². The molecule has 0 saturated heterocycles. The van der Waals surface area contributed by atoms with Crippen molar-refractivity contribution in [3.63, 3.8) is 0 Å². The van der Waals surface area contributed by atoms with E-state index >= 15 is 0 Å². The van der Waals surface area contributed by atoms with Crippen LogP contribution in [0.25, 0.3) is 0 Å². The third-order valence-corrected chi connectivity index (χ3v) is 3.01. The number of hydrogen-bond donors (Lipinski definition) is 2. The van der Waals surface area contributed by atoms with E-state index in [1.54, 1.807) is 37.3 Å². The quantitative estimate of drug-likeness (QED) is 0.829. The van der Waals surface area contributed by atoms with Gasteiger partial charge in [-0.05, 0) is 24.6 Å². The Kier molecular flexibility index (Phi) is 5.99. The van der Waals surface area contributed by atoms with Crippen LogP contribution in [0.15, 0.2) is 24.3 Å². The summed E-state index contributed by atoms with van der Waals surface area (Å²) in [6.07, 6.45) is 0. The molecule has 1 rings (SSSR count). The van der Waals surface area contributed by atoms with E-state index < -0.39 is 5.97 Å². The number of ether oxygens (including phenoxy) is 1. The molecule has 110 valence electrons. The standard InChI is InChI=1S/C14H20N2O4/c1-10(9-20-3)16(2)14(19)15-8-11-5-4-6-12(7-11)13(17)18/h4-7,10H,8-9H2,1-3H3,(H,15,19)(H,17,18). The summed E-state index contributed by atoms with van der Waals surface area (Å²) < 4.78 is 4.99. The molecule has 0 radical (unpaired) electrons. The minimum absolute atomic E-state index is 0.0367. The van der Waals surface area contributed by atoms with E-state index in [4.69, 9.17) is 9.84 Å². The van der Waals surface area contributed by atoms with Crippen LogP contribution in [-0.4, -0.2) is 48.8 Å². The summed E-state index contributed by atoms with van der Waals surface area (Å²) in [7, 11) is 3.27. The van der Waals surface area contributed by atoms with E-state index in [1.807, 2.05) is 6.92 Å². The van der Waals surface area contributed by atoms with Gasteiger partial charge >= 0.3 is 12.0 Å². The molecule has 1 atom stereocenters. The zero-order chi connectivity index (χ0) is 15.1. The fraction of sp³-hybridized carbons (Fsp3) is 0.429. The number of nitrogens with one attached hydrogen (secondary N) is 1. The molecule has 0 bridgehead atoms. The summed E-state index contributed by atoms with van der Waals surface area (Å²) >= 11 is 0. The average Bonchev–Trinajstić information content (AvgIpc) is 2.44. The van der Waals surface area contributed by atoms with Crippen molar-refractivity contribution in [1.29, 1.82) is 0 Å². The normalized spacial score (nSPS) is 11.8. The first kappa shape index (κ1) is 16.0. The average molecular weight is 280 g/mol. The number of aromatic carboxylic acids is 1. The van der Waals surface area contributed by atoms with Crippen LogP contribution in [0, 0.1) is 0 Å². The number of hydrogen-bond acceptors (Lipinski definition) is 3. The van der Waals surface area contributed by atoms with E-state index in [0.717, 1.165) is 5.56 Å². The number of benzene rings is 1. The predicted octanol–water partition coefficient (Wildman–Crippen LogP) is 1.56. The molecule has 0 aliphatic carbocycles. The lowest BCUT2D eigenvalue weighted by Crippen LogP contribution is -2.43. The summed E-state index contributed by atoms with van der Waals surface area (Å²) in [5.41, 5.74) is 0.948. The van der Waals surface area contributed by atoms with Crippen molar-refractivity contribution in [2.45, 2.75) is 19.5 Å². The van der Waals surface area contributed by atoms with Crippen LogP contribution < -0.4 is 5.32 Å². The van der Waals surface area contributed by atoms with Gasteiger partial charge < -0.3 is 20.1 Å². The number of urea groups is 1. The Hall–Kier alpha value is -2.08. The zero-order valence-electron chi connectivity index (χ0n) is 11.9. The van der Waals surface area contributed by atoms with E-state index in [0.29, 0.717) is 6.61 Å². The molecule has 1 aromatic carbocycles. The van der Waals surface area contributed by atoms with E-state index in [2.05, 4.69) is 5.32 Å². The predicted molar refractivity (Wildman–Crippen MR) is 74.7 cm³/mol. The first-order valence-electron chi connectivity index (χ1n) is 6.27. The lowest BCUT2D eigenvalue weighted by atomic mass is 10.1. The summed E-state index contributed by atoms with van der Waals surface area (Å²) in [5, 5.41) is 11.6. The third-order valence-electron chi connectivity index (χ3n) is 3.01. The van der Waals surface area contributed by atoms with E-state index in [1.165, 1.54) is 6.07 Å². The molecule has 0 aromatic heterocycles. The Morgan fingerprint density at radius 1 is 1.45 bits per heavy atom. The SMILES string of the molecule is COCC(C)N(C)C(=O)NCc1cccc(C(=O)O)c1. The second-order valence-corrected chi connectivity index (χ2v) is 4.58. The molecule has 6 heteroatoms. The van der Waals surface area contributed by atoms with Crippen molar-refractivity contribution in [2.75, 3.05) is 20.8 Å². The van der Waals surface area contributed by atoms with Crippen LogP contribution in [-0.2, 0) is 11.3 Å². The monoisotopic (exact) mass is 280 g/mol. The number of likely N-dealkylation sites (N-methyl/N-ethyl adjacent to an activating group) is 1. The van der Waals surface area contributed by atoms with Gasteiger partial charge in [0.15, 0.2) is 0 Å². The summed E-state index contributed by atoms with van der Waals surface area (Å²) in [6.45, 7) is 2.62. The topological polar surface area (TPSA) is 78.9 Å². The highest BCUT2D eigenvalue weighted by Crippen LogP contribution is 2.05. The minimum atomic E-state index is -0.982. The number of nitrogens with zero attached hydrogens (tertiary/aromatic N) is 1. The van der Waals surface area contributed by atoms with Gasteiger partial charge in [-0.1, -0.05) is 12.1 Å². The molecule has 0 aliphatic rings. The van der Waals surface area contributed by atoms with Gasteiger partial charge in [-0.3, -0.25) is 0 Å². The molecule has 2 amide bonds. The number of carboxylic acids is 1. The largest absolute Gasteiger partial charge is 0.478 e.